The summed E-state index contributed by atoms with van der Waals surface area (Å²) in [6.07, 6.45) is 8.71. The van der Waals surface area contributed by atoms with Gasteiger partial charge in [0.2, 0.25) is 11.8 Å². The highest BCUT2D eigenvalue weighted by atomic mass is 32.2. The molecule has 0 atom stereocenters. The number of thioether (sulfide) groups is 2. The number of allylic oxidation sites excluding steroid dienone is 1. The first kappa shape index (κ1) is 39.8. The Hall–Kier alpha value is -5.93. The lowest BCUT2D eigenvalue weighted by Gasteiger charge is -2.19. The van der Waals surface area contributed by atoms with Crippen molar-refractivity contribution in [3.05, 3.63) is 121 Å². The Morgan fingerprint density at radius 3 is 1.98 bits per heavy atom. The third kappa shape index (κ3) is 10.0. The molecule has 0 saturated carbocycles. The highest BCUT2D eigenvalue weighted by Crippen LogP contribution is 2.27. The molecule has 0 spiro atoms. The number of amides is 2. The molecule has 6 rings (SSSR count). The molecule has 13 nitrogen and oxygen atoms in total. The molecular weight excluding hydrogens is 745 g/mol. The summed E-state index contributed by atoms with van der Waals surface area (Å²) in [6.45, 7) is 13.2. The van der Waals surface area contributed by atoms with Gasteiger partial charge in [-0.1, -0.05) is 57.3 Å². The summed E-state index contributed by atoms with van der Waals surface area (Å²) in [5, 5.41) is 21.1. The summed E-state index contributed by atoms with van der Waals surface area (Å²) in [5.74, 6) is 1.18. The summed E-state index contributed by atoms with van der Waals surface area (Å²) < 4.78 is 5.87. The fraction of sp³-hybridized carbons (Fsp3) is 0.244. The summed E-state index contributed by atoms with van der Waals surface area (Å²) in [4.78, 5) is 46.5. The molecule has 0 radical (unpaired) electrons. The summed E-state index contributed by atoms with van der Waals surface area (Å²) in [7, 11) is 0. The monoisotopic (exact) mass is 787 g/mol. The first-order valence-corrected chi connectivity index (χ1v) is 19.9. The number of Topliss-reactive ketones (excluding diaryl/α,β-unsaturated/α-hetero) is 1. The van der Waals surface area contributed by atoms with Gasteiger partial charge in [0.1, 0.15) is 6.54 Å². The number of rotatable bonds is 16. The molecular formula is C41H43N10O3S2+. The summed E-state index contributed by atoms with van der Waals surface area (Å²) >= 11 is 2.60. The second-order valence-electron chi connectivity index (χ2n) is 13.8. The van der Waals surface area contributed by atoms with Gasteiger partial charge in [0.05, 0.1) is 35.3 Å². The predicted octanol–water partition coefficient (Wildman–Crippen LogP) is 6.73. The van der Waals surface area contributed by atoms with Crippen LogP contribution in [0.2, 0.25) is 0 Å². The number of nitrogens with zero attached hydrogens (tertiary/aromatic N) is 8. The van der Waals surface area contributed by atoms with Gasteiger partial charge >= 0.3 is 5.16 Å². The number of aryl methyl sites for hydroxylation is 1. The van der Waals surface area contributed by atoms with E-state index in [0.717, 1.165) is 22.6 Å². The van der Waals surface area contributed by atoms with Crippen molar-refractivity contribution in [3.63, 3.8) is 0 Å². The quantitative estimate of drug-likeness (QED) is 0.0467. The third-order valence-electron chi connectivity index (χ3n) is 8.62. The smallest absolute Gasteiger partial charge is 0.325 e. The number of aromatic nitrogens is 8. The Kier molecular flexibility index (Phi) is 12.9. The van der Waals surface area contributed by atoms with E-state index in [1.807, 2.05) is 62.3 Å². The second-order valence-corrected chi connectivity index (χ2v) is 15.7. The lowest BCUT2D eigenvalue weighted by molar-refractivity contribution is -0.713. The SMILES string of the molecule is C=CC[n+]1c(SCC(=O)Nc2ccc(C(C)(C)C)cc2)nn(CCn2c(SCC(=O)Nc3ccc(C(C)=O)cc3)nnc2-c2cccnc2)c1-c1cccnc1. The summed E-state index contributed by atoms with van der Waals surface area (Å²) in [5.41, 5.74) is 4.71. The van der Waals surface area contributed by atoms with Crippen molar-refractivity contribution in [2.75, 3.05) is 22.1 Å². The Morgan fingerprint density at radius 1 is 0.804 bits per heavy atom. The molecule has 6 aromatic rings. The van der Waals surface area contributed by atoms with Gasteiger partial charge in [0, 0.05) is 47.3 Å². The van der Waals surface area contributed by atoms with Crippen molar-refractivity contribution in [2.45, 2.75) is 63.1 Å². The summed E-state index contributed by atoms with van der Waals surface area (Å²) in [6, 6.07) is 22.3. The number of anilines is 2. The number of carbonyl (C=O) groups is 3. The van der Waals surface area contributed by atoms with Gasteiger partial charge in [-0.25, -0.2) is 4.57 Å². The topological polar surface area (TPSA) is 153 Å². The van der Waals surface area contributed by atoms with E-state index >= 15 is 0 Å². The average molecular weight is 788 g/mol. The minimum atomic E-state index is -0.230. The molecule has 2 aromatic carbocycles. The van der Waals surface area contributed by atoms with Gasteiger partial charge in [-0.3, -0.25) is 28.9 Å². The van der Waals surface area contributed by atoms with Crippen LogP contribution < -0.4 is 15.2 Å². The van der Waals surface area contributed by atoms with Gasteiger partial charge in [0.25, 0.3) is 5.82 Å². The van der Waals surface area contributed by atoms with Gasteiger partial charge in [-0.2, -0.15) is 0 Å². The molecule has 0 bridgehead atoms. The minimum absolute atomic E-state index is 0.0142. The number of benzene rings is 2. The van der Waals surface area contributed by atoms with Crippen molar-refractivity contribution in [2.24, 2.45) is 0 Å². The molecule has 0 aliphatic heterocycles. The average Bonchev–Trinajstić information content (AvgIpc) is 3.76. The molecule has 2 N–H and O–H groups in total. The number of carbonyl (C=O) groups excluding carboxylic acids is 3. The number of nitrogens with one attached hydrogen (secondary N) is 2. The van der Waals surface area contributed by atoms with Crippen LogP contribution in [0, 0.1) is 0 Å². The third-order valence-corrected chi connectivity index (χ3v) is 10.5. The van der Waals surface area contributed by atoms with E-state index in [4.69, 9.17) is 5.10 Å². The van der Waals surface area contributed by atoms with Gasteiger partial charge < -0.3 is 10.6 Å². The number of hydrogen-bond acceptors (Lipinski definition) is 10. The fourth-order valence-electron chi connectivity index (χ4n) is 5.79. The van der Waals surface area contributed by atoms with Crippen LogP contribution >= 0.6 is 23.5 Å². The lowest BCUT2D eigenvalue weighted by Crippen LogP contribution is -2.37. The zero-order valence-electron chi connectivity index (χ0n) is 31.7. The van der Waals surface area contributed by atoms with E-state index in [0.29, 0.717) is 47.0 Å². The van der Waals surface area contributed by atoms with Crippen LogP contribution in [0.15, 0.2) is 121 Å². The maximum atomic E-state index is 13.2. The molecule has 15 heteroatoms. The first-order chi connectivity index (χ1) is 27.0. The van der Waals surface area contributed by atoms with Gasteiger partial charge in [-0.05, 0) is 90.3 Å². The van der Waals surface area contributed by atoms with Crippen LogP contribution in [0.25, 0.3) is 22.8 Å². The van der Waals surface area contributed by atoms with Crippen molar-refractivity contribution in [3.8, 4) is 22.8 Å². The fourth-order valence-corrected chi connectivity index (χ4v) is 7.36. The molecule has 56 heavy (non-hydrogen) atoms. The van der Waals surface area contributed by atoms with Crippen molar-refractivity contribution < 1.29 is 19.0 Å². The standard InChI is InChI=1S/C41H42N10O3S2/c1-6-21-50-38(31-10-8-20-43-25-31)51(48-40(50)56-27-36(54)45-34-17-13-32(14-18-34)41(3,4)5)23-22-49-37(30-9-7-19-42-24-30)46-47-39(49)55-26-35(53)44-33-15-11-29(12-16-33)28(2)52/h6-20,24-25H,1,21-23,26-27H2,2-5H3,(H-,44,45,52,53,54)/p+1. The lowest BCUT2D eigenvalue weighted by atomic mass is 9.87. The minimum Gasteiger partial charge on any atom is -0.325 e. The van der Waals surface area contributed by atoms with Crippen LogP contribution in [0.3, 0.4) is 0 Å². The van der Waals surface area contributed by atoms with Crippen LogP contribution in [0.1, 0.15) is 43.6 Å². The Balaban J connectivity index is 1.23. The maximum Gasteiger partial charge on any atom is 0.337 e. The molecule has 4 heterocycles. The largest absolute Gasteiger partial charge is 0.337 e. The highest BCUT2D eigenvalue weighted by Gasteiger charge is 2.29. The number of hydrogen-bond donors (Lipinski definition) is 2. The Labute approximate surface area is 334 Å². The van der Waals surface area contributed by atoms with Gasteiger partial charge in [-0.15, -0.1) is 14.9 Å². The van der Waals surface area contributed by atoms with E-state index in [1.165, 1.54) is 36.0 Å². The van der Waals surface area contributed by atoms with Crippen LogP contribution in [0.5, 0.6) is 0 Å². The molecule has 0 fully saturated rings. The zero-order chi connectivity index (χ0) is 39.7. The molecule has 4 aromatic heterocycles. The normalized spacial score (nSPS) is 11.3. The van der Waals surface area contributed by atoms with Crippen LogP contribution in [-0.4, -0.2) is 63.6 Å². The van der Waals surface area contributed by atoms with Crippen molar-refractivity contribution >= 4 is 52.5 Å². The molecule has 0 saturated heterocycles. The Bertz CT molecular complexity index is 2300. The van der Waals surface area contributed by atoms with Crippen molar-refractivity contribution in [1.82, 2.24) is 34.5 Å². The molecule has 0 aliphatic carbocycles. The first-order valence-electron chi connectivity index (χ1n) is 17.9. The van der Waals surface area contributed by atoms with Crippen LogP contribution in [0.4, 0.5) is 11.4 Å². The molecule has 286 valence electrons. The van der Waals surface area contributed by atoms with E-state index in [2.05, 4.69) is 58.1 Å². The Morgan fingerprint density at radius 2 is 1.41 bits per heavy atom. The molecule has 2 amide bonds. The molecule has 0 aliphatic rings. The number of pyridine rings is 2. The van der Waals surface area contributed by atoms with E-state index in [-0.39, 0.29) is 34.5 Å². The molecule has 0 unspecified atom stereocenters. The van der Waals surface area contributed by atoms with Gasteiger partial charge in [0.15, 0.2) is 16.8 Å². The highest BCUT2D eigenvalue weighted by molar-refractivity contribution is 8.00. The predicted molar refractivity (Wildman–Crippen MR) is 219 cm³/mol. The van der Waals surface area contributed by atoms with Crippen molar-refractivity contribution in [1.29, 1.82) is 0 Å². The number of ketones is 1. The van der Waals surface area contributed by atoms with E-state index in [9.17, 15) is 14.4 Å². The zero-order valence-corrected chi connectivity index (χ0v) is 33.3. The maximum absolute atomic E-state index is 13.2. The van der Waals surface area contributed by atoms with Crippen LogP contribution in [-0.2, 0) is 34.6 Å². The van der Waals surface area contributed by atoms with E-state index < -0.39 is 0 Å². The second kappa shape index (κ2) is 18.1. The van der Waals surface area contributed by atoms with E-state index in [1.54, 1.807) is 55.1 Å².